The van der Waals surface area contributed by atoms with Crippen LogP contribution >= 0.6 is 34.5 Å². The first-order valence-corrected chi connectivity index (χ1v) is 10.4. The molecule has 3 N–H and O–H groups in total. The number of amides is 2. The Morgan fingerprint density at radius 1 is 1.07 bits per heavy atom. The highest BCUT2D eigenvalue weighted by atomic mass is 35.5. The van der Waals surface area contributed by atoms with Crippen molar-refractivity contribution in [3.05, 3.63) is 44.1 Å². The number of halogens is 2. The van der Waals surface area contributed by atoms with Crippen molar-refractivity contribution in [3.63, 3.8) is 0 Å². The van der Waals surface area contributed by atoms with Gasteiger partial charge in [0.25, 0.3) is 11.8 Å². The van der Waals surface area contributed by atoms with Crippen LogP contribution in [0.3, 0.4) is 0 Å². The number of rotatable bonds is 5. The quantitative estimate of drug-likeness (QED) is 0.525. The fraction of sp³-hybridized carbons (Fsp3) is 0.368. The molecule has 0 fully saturated rings. The van der Waals surface area contributed by atoms with Crippen molar-refractivity contribution >= 4 is 52.0 Å². The minimum absolute atomic E-state index is 0.0196. The molecule has 8 heteroatoms. The van der Waals surface area contributed by atoms with Crippen molar-refractivity contribution in [1.29, 1.82) is 0 Å². The molecule has 150 valence electrons. The molecule has 5 nitrogen and oxygen atoms in total. The Morgan fingerprint density at radius 3 is 2.15 bits per heavy atom. The van der Waals surface area contributed by atoms with E-state index in [0.717, 1.165) is 6.42 Å². The van der Waals surface area contributed by atoms with E-state index in [1.807, 2.05) is 34.6 Å². The summed E-state index contributed by atoms with van der Waals surface area (Å²) in [5.74, 6) is -0.990. The number of carbonyl (C=O) groups is 2. The monoisotopic (exact) mass is 432 g/mol. The summed E-state index contributed by atoms with van der Waals surface area (Å²) >= 11 is 12.9. The largest absolute Gasteiger partial charge is 0.505 e. The molecule has 1 aromatic heterocycles. The van der Waals surface area contributed by atoms with E-state index in [1.165, 1.54) is 23.5 Å². The molecule has 0 unspecified atom stereocenters. The smallest absolute Gasteiger partial charge is 0.263 e. The van der Waals surface area contributed by atoms with Gasteiger partial charge in [0.15, 0.2) is 5.75 Å². The molecule has 0 saturated carbocycles. The number of anilines is 1. The van der Waals surface area contributed by atoms with Gasteiger partial charge in [-0.15, -0.1) is 11.3 Å². The van der Waals surface area contributed by atoms with Crippen LogP contribution in [0, 0.1) is 0 Å². The summed E-state index contributed by atoms with van der Waals surface area (Å²) in [6, 6.07) is 4.26. The average Bonchev–Trinajstić information content (AvgIpc) is 3.15. The number of carbonyl (C=O) groups excluding carboxylic acids is 2. The Hall–Kier alpha value is -1.76. The van der Waals surface area contributed by atoms with Crippen molar-refractivity contribution < 1.29 is 14.7 Å². The summed E-state index contributed by atoms with van der Waals surface area (Å²) in [6.07, 6.45) is 0.823. The van der Waals surface area contributed by atoms with Gasteiger partial charge in [-0.05, 0) is 30.0 Å². The van der Waals surface area contributed by atoms with Crippen LogP contribution in [0.1, 0.15) is 61.1 Å². The van der Waals surface area contributed by atoms with Crippen LogP contribution in [0.15, 0.2) is 23.6 Å². The lowest BCUT2D eigenvalue weighted by molar-refractivity contribution is 0.0958. The summed E-state index contributed by atoms with van der Waals surface area (Å²) in [6.45, 7) is 10.5. The van der Waals surface area contributed by atoms with E-state index < -0.39 is 5.91 Å². The van der Waals surface area contributed by atoms with Gasteiger partial charge in [-0.2, -0.15) is 0 Å². The van der Waals surface area contributed by atoms with Crippen LogP contribution in [0.5, 0.6) is 5.75 Å². The molecular weight excluding hydrogens is 407 g/mol. The van der Waals surface area contributed by atoms with Gasteiger partial charge >= 0.3 is 0 Å². The molecule has 0 aliphatic carbocycles. The Morgan fingerprint density at radius 2 is 1.63 bits per heavy atom. The molecule has 0 aliphatic rings. The van der Waals surface area contributed by atoms with Crippen molar-refractivity contribution in [1.82, 2.24) is 5.32 Å². The van der Waals surface area contributed by atoms with E-state index in [1.54, 1.807) is 11.4 Å². The minimum Gasteiger partial charge on any atom is -0.505 e. The van der Waals surface area contributed by atoms with Crippen molar-refractivity contribution in [3.8, 4) is 5.75 Å². The molecule has 0 bridgehead atoms. The third-order valence-corrected chi connectivity index (χ3v) is 4.42. The lowest BCUT2D eigenvalue weighted by Gasteiger charge is -2.08. The third-order valence-electron chi connectivity index (χ3n) is 2.93. The fourth-order valence-electron chi connectivity index (χ4n) is 1.79. The molecule has 0 spiro atoms. The predicted molar refractivity (Wildman–Crippen MR) is 116 cm³/mol. The number of nitrogens with one attached hydrogen (secondary N) is 2. The Kier molecular flexibility index (Phi) is 12.5. The zero-order valence-electron chi connectivity index (χ0n) is 16.2. The molecule has 0 radical (unpaired) electrons. The van der Waals surface area contributed by atoms with Crippen molar-refractivity contribution in [2.24, 2.45) is 0 Å². The molecule has 0 aliphatic heterocycles. The zero-order valence-corrected chi connectivity index (χ0v) is 18.5. The highest BCUT2D eigenvalue weighted by Crippen LogP contribution is 2.33. The predicted octanol–water partition coefficient (Wildman–Crippen LogP) is 6.21. The number of benzene rings is 1. The van der Waals surface area contributed by atoms with Gasteiger partial charge in [0.1, 0.15) is 4.88 Å². The second kappa shape index (κ2) is 13.4. The summed E-state index contributed by atoms with van der Waals surface area (Å²) in [5, 5.41) is 16.6. The molecule has 0 saturated heterocycles. The van der Waals surface area contributed by atoms with Crippen LogP contribution < -0.4 is 10.6 Å². The lowest BCUT2D eigenvalue weighted by Crippen LogP contribution is -2.24. The van der Waals surface area contributed by atoms with Gasteiger partial charge in [0.05, 0.1) is 15.7 Å². The van der Waals surface area contributed by atoms with Gasteiger partial charge in [-0.1, -0.05) is 57.8 Å². The molecule has 1 aromatic carbocycles. The zero-order chi connectivity index (χ0) is 21.0. The summed E-state index contributed by atoms with van der Waals surface area (Å²) in [7, 11) is 0. The molecule has 2 rings (SSSR count). The molecule has 0 atom stereocenters. The number of hydrogen-bond acceptors (Lipinski definition) is 4. The SMILES string of the molecule is CC.CC.CCCNC(=O)c1sccc1NC(=O)c1cc(Cl)c(O)c(Cl)c1. The second-order valence-electron chi connectivity index (χ2n) is 4.66. The van der Waals surface area contributed by atoms with Gasteiger partial charge < -0.3 is 15.7 Å². The lowest BCUT2D eigenvalue weighted by atomic mass is 10.2. The summed E-state index contributed by atoms with van der Waals surface area (Å²) in [4.78, 5) is 24.7. The maximum absolute atomic E-state index is 12.3. The topological polar surface area (TPSA) is 78.4 Å². The normalized spacial score (nSPS) is 9.30. The molecule has 2 aromatic rings. The van der Waals surface area contributed by atoms with Crippen LogP contribution in [0.4, 0.5) is 5.69 Å². The highest BCUT2D eigenvalue weighted by Gasteiger charge is 2.17. The van der Waals surface area contributed by atoms with Crippen LogP contribution in [-0.4, -0.2) is 23.5 Å². The van der Waals surface area contributed by atoms with E-state index in [4.69, 9.17) is 23.2 Å². The highest BCUT2D eigenvalue weighted by molar-refractivity contribution is 7.12. The van der Waals surface area contributed by atoms with E-state index in [2.05, 4.69) is 10.6 Å². The van der Waals surface area contributed by atoms with Crippen LogP contribution in [-0.2, 0) is 0 Å². The van der Waals surface area contributed by atoms with E-state index in [9.17, 15) is 14.7 Å². The first-order chi connectivity index (χ1) is 12.9. The average molecular weight is 433 g/mol. The first-order valence-electron chi connectivity index (χ1n) is 8.79. The van der Waals surface area contributed by atoms with Gasteiger partial charge in [0.2, 0.25) is 0 Å². The van der Waals surface area contributed by atoms with Crippen LogP contribution in [0.2, 0.25) is 10.0 Å². The molecule has 1 heterocycles. The Bertz CT molecular complexity index is 725. The van der Waals surface area contributed by atoms with E-state index in [-0.39, 0.29) is 27.3 Å². The Balaban J connectivity index is 0.00000158. The van der Waals surface area contributed by atoms with Gasteiger partial charge in [0, 0.05) is 12.1 Å². The van der Waals surface area contributed by atoms with Crippen LogP contribution in [0.25, 0.3) is 0 Å². The van der Waals surface area contributed by atoms with E-state index >= 15 is 0 Å². The van der Waals surface area contributed by atoms with Crippen molar-refractivity contribution in [2.45, 2.75) is 41.0 Å². The minimum atomic E-state index is -0.475. The number of thiophene rings is 1. The fourth-order valence-corrected chi connectivity index (χ4v) is 3.05. The number of hydrogen-bond donors (Lipinski definition) is 3. The molecule has 27 heavy (non-hydrogen) atoms. The number of aromatic hydroxyl groups is 1. The maximum atomic E-state index is 12.3. The standard InChI is InChI=1S/C15H14Cl2N2O3S.2C2H6/c1-2-4-18-15(22)13-11(3-5-23-13)19-14(21)8-6-9(16)12(20)10(17)7-8;2*1-2/h3,5-7,20H,2,4H2,1H3,(H,18,22)(H,19,21);2*1-2H3. The van der Waals surface area contributed by atoms with Gasteiger partial charge in [-0.3, -0.25) is 9.59 Å². The number of phenolic OH excluding ortho intramolecular Hbond substituents is 1. The molecule has 2 amide bonds. The maximum Gasteiger partial charge on any atom is 0.263 e. The summed E-state index contributed by atoms with van der Waals surface area (Å²) < 4.78 is 0. The van der Waals surface area contributed by atoms with E-state index in [0.29, 0.717) is 17.1 Å². The van der Waals surface area contributed by atoms with Crippen molar-refractivity contribution in [2.75, 3.05) is 11.9 Å². The second-order valence-corrected chi connectivity index (χ2v) is 6.39. The Labute approximate surface area is 174 Å². The third kappa shape index (κ3) is 7.40. The first kappa shape index (κ1) is 25.2. The van der Waals surface area contributed by atoms with Gasteiger partial charge in [-0.25, -0.2) is 0 Å². The molecular formula is C19H26Cl2N2O3S. The number of phenols is 1. The summed E-state index contributed by atoms with van der Waals surface area (Å²) in [5.41, 5.74) is 0.595.